The number of aromatic nitrogens is 2. The minimum atomic E-state index is -4.59. The molecule has 2 rings (SSSR count). The van der Waals surface area contributed by atoms with E-state index in [1.54, 1.807) is 0 Å². The van der Waals surface area contributed by atoms with Crippen LogP contribution in [0, 0.1) is 6.92 Å². The predicted molar refractivity (Wildman–Crippen MR) is 44.4 cm³/mol. The fourth-order valence-corrected chi connectivity index (χ4v) is 1.35. The van der Waals surface area contributed by atoms with Gasteiger partial charge in [0.05, 0.1) is 16.6 Å². The third kappa shape index (κ3) is 1.49. The number of hydrogen-bond acceptors (Lipinski definition) is 3. The summed E-state index contributed by atoms with van der Waals surface area (Å²) in [6.07, 6.45) is -4.59. The number of halogens is 3. The van der Waals surface area contributed by atoms with Gasteiger partial charge >= 0.3 is 6.18 Å². The van der Waals surface area contributed by atoms with Crippen LogP contribution in [0.15, 0.2) is 15.4 Å². The van der Waals surface area contributed by atoms with Crippen molar-refractivity contribution in [1.82, 2.24) is 10.1 Å². The van der Waals surface area contributed by atoms with Crippen LogP contribution in [0.2, 0.25) is 0 Å². The van der Waals surface area contributed by atoms with E-state index >= 15 is 0 Å². The lowest BCUT2D eigenvalue weighted by Gasteiger charge is -2.06. The molecule has 0 fully saturated rings. The lowest BCUT2D eigenvalue weighted by molar-refractivity contribution is -0.136. The number of alkyl halides is 3. The standard InChI is InChI=1S/C8H5F3N2O2/c1-3-6-4(8(9,10)11)2-5(14)12-7(6)15-13-3/h2H,1H3,(H,12,14). The minimum Gasteiger partial charge on any atom is -0.337 e. The van der Waals surface area contributed by atoms with Crippen LogP contribution in [0.4, 0.5) is 13.2 Å². The predicted octanol–water partition coefficient (Wildman–Crippen LogP) is 1.84. The smallest absolute Gasteiger partial charge is 0.337 e. The molecule has 0 unspecified atom stereocenters. The summed E-state index contributed by atoms with van der Waals surface area (Å²) in [4.78, 5) is 13.1. The number of fused-ring (bicyclic) bond motifs is 1. The SMILES string of the molecule is Cc1noc2[nH]c(=O)cc(C(F)(F)F)c12. The van der Waals surface area contributed by atoms with E-state index in [1.807, 2.05) is 0 Å². The van der Waals surface area contributed by atoms with Crippen molar-refractivity contribution in [3.05, 3.63) is 27.7 Å². The summed E-state index contributed by atoms with van der Waals surface area (Å²) in [7, 11) is 0. The molecular formula is C8H5F3N2O2. The van der Waals surface area contributed by atoms with Crippen LogP contribution < -0.4 is 5.56 Å². The maximum Gasteiger partial charge on any atom is 0.417 e. The van der Waals surface area contributed by atoms with E-state index in [1.165, 1.54) is 6.92 Å². The first-order chi connectivity index (χ1) is 6.89. The van der Waals surface area contributed by atoms with Crippen molar-refractivity contribution in [2.75, 3.05) is 0 Å². The van der Waals surface area contributed by atoms with Crippen molar-refractivity contribution in [1.29, 1.82) is 0 Å². The van der Waals surface area contributed by atoms with Gasteiger partial charge in [-0.1, -0.05) is 5.16 Å². The van der Waals surface area contributed by atoms with Gasteiger partial charge in [-0.2, -0.15) is 13.2 Å². The molecule has 0 amide bonds. The number of nitrogens with zero attached hydrogens (tertiary/aromatic N) is 1. The molecular weight excluding hydrogens is 213 g/mol. The molecule has 7 heteroatoms. The van der Waals surface area contributed by atoms with Crippen LogP contribution in [0.5, 0.6) is 0 Å². The second-order valence-electron chi connectivity index (χ2n) is 3.02. The van der Waals surface area contributed by atoms with Gasteiger partial charge in [0.2, 0.25) is 5.71 Å². The van der Waals surface area contributed by atoms with Gasteiger partial charge < -0.3 is 4.52 Å². The zero-order valence-corrected chi connectivity index (χ0v) is 7.47. The molecule has 0 aliphatic carbocycles. The average molecular weight is 218 g/mol. The number of nitrogens with one attached hydrogen (secondary N) is 1. The van der Waals surface area contributed by atoms with Gasteiger partial charge in [-0.25, -0.2) is 0 Å². The maximum atomic E-state index is 12.5. The summed E-state index contributed by atoms with van der Waals surface area (Å²) < 4.78 is 42.2. The molecule has 0 saturated carbocycles. The van der Waals surface area contributed by atoms with Crippen molar-refractivity contribution in [3.63, 3.8) is 0 Å². The molecule has 0 aliphatic heterocycles. The largest absolute Gasteiger partial charge is 0.417 e. The zero-order chi connectivity index (χ0) is 11.2. The third-order valence-electron chi connectivity index (χ3n) is 1.95. The van der Waals surface area contributed by atoms with Gasteiger partial charge in [0, 0.05) is 6.07 Å². The fourth-order valence-electron chi connectivity index (χ4n) is 1.35. The highest BCUT2D eigenvalue weighted by Gasteiger charge is 2.35. The van der Waals surface area contributed by atoms with Crippen LogP contribution in [0.3, 0.4) is 0 Å². The van der Waals surface area contributed by atoms with Gasteiger partial charge in [0.25, 0.3) is 5.56 Å². The number of H-pyrrole nitrogens is 1. The maximum absolute atomic E-state index is 12.5. The molecule has 0 aromatic carbocycles. The Bertz CT molecular complexity index is 567. The normalized spacial score (nSPS) is 12.3. The van der Waals surface area contributed by atoms with Crippen LogP contribution in [0.25, 0.3) is 11.1 Å². The highest BCUT2D eigenvalue weighted by molar-refractivity contribution is 5.80. The van der Waals surface area contributed by atoms with Gasteiger partial charge in [0.15, 0.2) is 0 Å². The molecule has 0 spiro atoms. The van der Waals surface area contributed by atoms with Crippen molar-refractivity contribution >= 4 is 11.1 Å². The summed E-state index contributed by atoms with van der Waals surface area (Å²) in [6, 6.07) is 0.493. The molecule has 0 bridgehead atoms. The number of aromatic amines is 1. The molecule has 80 valence electrons. The molecule has 0 radical (unpaired) electrons. The van der Waals surface area contributed by atoms with Crippen LogP contribution in [0.1, 0.15) is 11.3 Å². The molecule has 0 atom stereocenters. The van der Waals surface area contributed by atoms with Gasteiger partial charge in [-0.05, 0) is 6.92 Å². The summed E-state index contributed by atoms with van der Waals surface area (Å²) in [5, 5.41) is 3.16. The Balaban J connectivity index is 2.93. The van der Waals surface area contributed by atoms with Crippen LogP contribution in [-0.2, 0) is 6.18 Å². The van der Waals surface area contributed by atoms with E-state index in [-0.39, 0.29) is 16.8 Å². The lowest BCUT2D eigenvalue weighted by Crippen LogP contribution is -2.13. The second kappa shape index (κ2) is 2.85. The molecule has 15 heavy (non-hydrogen) atoms. The first-order valence-electron chi connectivity index (χ1n) is 3.96. The van der Waals surface area contributed by atoms with Gasteiger partial charge in [-0.3, -0.25) is 9.78 Å². The monoisotopic (exact) mass is 218 g/mol. The van der Waals surface area contributed by atoms with Crippen molar-refractivity contribution in [2.45, 2.75) is 13.1 Å². The highest BCUT2D eigenvalue weighted by Crippen LogP contribution is 2.34. The molecule has 2 heterocycles. The lowest BCUT2D eigenvalue weighted by atomic mass is 10.1. The van der Waals surface area contributed by atoms with E-state index in [4.69, 9.17) is 0 Å². The fraction of sp³-hybridized carbons (Fsp3) is 0.250. The molecule has 0 saturated heterocycles. The topological polar surface area (TPSA) is 58.9 Å². The average Bonchev–Trinajstić information content (AvgIpc) is 2.44. The van der Waals surface area contributed by atoms with Gasteiger partial charge in [0.1, 0.15) is 0 Å². The summed E-state index contributed by atoms with van der Waals surface area (Å²) >= 11 is 0. The van der Waals surface area contributed by atoms with Crippen molar-refractivity contribution in [3.8, 4) is 0 Å². The van der Waals surface area contributed by atoms with Crippen LogP contribution >= 0.6 is 0 Å². The molecule has 1 N–H and O–H groups in total. The number of hydrogen-bond donors (Lipinski definition) is 1. The number of rotatable bonds is 0. The van der Waals surface area contributed by atoms with E-state index in [2.05, 4.69) is 14.7 Å². The molecule has 4 nitrogen and oxygen atoms in total. The van der Waals surface area contributed by atoms with Crippen molar-refractivity contribution < 1.29 is 17.7 Å². The Hall–Kier alpha value is -1.79. The van der Waals surface area contributed by atoms with Crippen molar-refractivity contribution in [2.24, 2.45) is 0 Å². The Morgan fingerprint density at radius 2 is 2.13 bits per heavy atom. The Kier molecular flexibility index (Phi) is 1.85. The first-order valence-corrected chi connectivity index (χ1v) is 3.96. The van der Waals surface area contributed by atoms with E-state index in [0.717, 1.165) is 0 Å². The summed E-state index contributed by atoms with van der Waals surface area (Å²) in [5.41, 5.74) is -2.06. The van der Waals surface area contributed by atoms with E-state index in [9.17, 15) is 18.0 Å². The molecule has 2 aromatic heterocycles. The first kappa shape index (κ1) is 9.75. The van der Waals surface area contributed by atoms with Crippen LogP contribution in [-0.4, -0.2) is 10.1 Å². The van der Waals surface area contributed by atoms with Gasteiger partial charge in [-0.15, -0.1) is 0 Å². The van der Waals surface area contributed by atoms with E-state index < -0.39 is 17.3 Å². The highest BCUT2D eigenvalue weighted by atomic mass is 19.4. The summed E-state index contributed by atoms with van der Waals surface area (Å²) in [5.74, 6) is 0. The third-order valence-corrected chi connectivity index (χ3v) is 1.95. The quantitative estimate of drug-likeness (QED) is 0.733. The Morgan fingerprint density at radius 3 is 2.73 bits per heavy atom. The Morgan fingerprint density at radius 1 is 1.47 bits per heavy atom. The number of aryl methyl sites for hydroxylation is 1. The Labute approximate surface area is 80.7 Å². The second-order valence-corrected chi connectivity index (χ2v) is 3.02. The zero-order valence-electron chi connectivity index (χ0n) is 7.47. The number of pyridine rings is 1. The van der Waals surface area contributed by atoms with E-state index in [0.29, 0.717) is 6.07 Å². The molecule has 2 aromatic rings. The summed E-state index contributed by atoms with van der Waals surface area (Å²) in [6.45, 7) is 1.37. The minimum absolute atomic E-state index is 0.0913. The molecule has 0 aliphatic rings.